The number of imidazole rings is 1. The molecule has 2 fully saturated rings. The van der Waals surface area contributed by atoms with Crippen molar-refractivity contribution < 1.29 is 9.53 Å². The van der Waals surface area contributed by atoms with Crippen molar-refractivity contribution in [2.24, 2.45) is 5.41 Å². The van der Waals surface area contributed by atoms with Crippen LogP contribution in [0.3, 0.4) is 0 Å². The smallest absolute Gasteiger partial charge is 0.276 e. The third-order valence-electron chi connectivity index (χ3n) is 6.20. The first kappa shape index (κ1) is 16.5. The van der Waals surface area contributed by atoms with Crippen LogP contribution in [-0.2, 0) is 4.74 Å². The minimum absolute atomic E-state index is 0.0401. The summed E-state index contributed by atoms with van der Waals surface area (Å²) in [5.41, 5.74) is 1.18. The van der Waals surface area contributed by atoms with Crippen LogP contribution in [0, 0.1) is 5.41 Å². The van der Waals surface area contributed by atoms with Gasteiger partial charge in [-0.25, -0.2) is 9.97 Å². The van der Waals surface area contributed by atoms with Gasteiger partial charge in [0.25, 0.3) is 5.91 Å². The summed E-state index contributed by atoms with van der Waals surface area (Å²) in [6.07, 6.45) is 14.3. The van der Waals surface area contributed by atoms with Crippen molar-refractivity contribution in [3.05, 3.63) is 30.5 Å². The fourth-order valence-corrected chi connectivity index (χ4v) is 4.88. The second kappa shape index (κ2) is 6.41. The highest BCUT2D eigenvalue weighted by Crippen LogP contribution is 2.55. The number of ether oxygens (including phenoxy) is 1. The summed E-state index contributed by atoms with van der Waals surface area (Å²) in [5, 5.41) is 0. The molecule has 1 amide bonds. The normalized spacial score (nSPS) is 25.0. The van der Waals surface area contributed by atoms with E-state index in [0.29, 0.717) is 11.3 Å². The molecule has 2 aromatic rings. The van der Waals surface area contributed by atoms with Gasteiger partial charge in [0.05, 0.1) is 6.10 Å². The lowest BCUT2D eigenvalue weighted by molar-refractivity contribution is -0.170. The zero-order valence-electron chi connectivity index (χ0n) is 15.0. The summed E-state index contributed by atoms with van der Waals surface area (Å²) in [5.74, 6) is -0.0401. The third kappa shape index (κ3) is 2.54. The molecule has 4 rings (SSSR count). The second-order valence-corrected chi connectivity index (χ2v) is 7.34. The van der Waals surface area contributed by atoms with E-state index in [4.69, 9.17) is 4.74 Å². The van der Waals surface area contributed by atoms with Gasteiger partial charge in [0, 0.05) is 49.9 Å². The minimum Gasteiger partial charge on any atom is -0.378 e. The molecule has 2 heterocycles. The highest BCUT2D eigenvalue weighted by atomic mass is 16.5. The molecular formula is C19H26N4O2. The quantitative estimate of drug-likeness (QED) is 0.857. The van der Waals surface area contributed by atoms with E-state index in [0.717, 1.165) is 25.9 Å². The molecule has 0 saturated heterocycles. The number of carbonyl (C=O) groups is 1. The summed E-state index contributed by atoms with van der Waals surface area (Å²) >= 11 is 0. The van der Waals surface area contributed by atoms with Crippen LogP contribution >= 0.6 is 0 Å². The summed E-state index contributed by atoms with van der Waals surface area (Å²) in [6, 6.07) is 0.230. The van der Waals surface area contributed by atoms with Crippen molar-refractivity contribution in [1.82, 2.24) is 19.3 Å². The molecule has 0 radical (unpaired) electrons. The van der Waals surface area contributed by atoms with Gasteiger partial charge in [-0.15, -0.1) is 0 Å². The van der Waals surface area contributed by atoms with Crippen molar-refractivity contribution >= 4 is 11.6 Å². The van der Waals surface area contributed by atoms with Gasteiger partial charge in [-0.05, 0) is 26.2 Å². The lowest BCUT2D eigenvalue weighted by Gasteiger charge is -2.60. The molecule has 25 heavy (non-hydrogen) atoms. The van der Waals surface area contributed by atoms with Gasteiger partial charge < -0.3 is 14.0 Å². The van der Waals surface area contributed by atoms with E-state index in [9.17, 15) is 4.79 Å². The minimum atomic E-state index is -0.0401. The van der Waals surface area contributed by atoms with Crippen LogP contribution in [0.5, 0.6) is 0 Å². The lowest BCUT2D eigenvalue weighted by Crippen LogP contribution is -2.65. The Morgan fingerprint density at radius 3 is 2.72 bits per heavy atom. The van der Waals surface area contributed by atoms with E-state index in [1.165, 1.54) is 19.3 Å². The Hall–Kier alpha value is -1.95. The zero-order chi connectivity index (χ0) is 17.4. The van der Waals surface area contributed by atoms with E-state index < -0.39 is 0 Å². The molecule has 0 aliphatic heterocycles. The summed E-state index contributed by atoms with van der Waals surface area (Å²) in [4.78, 5) is 23.7. The van der Waals surface area contributed by atoms with Crippen molar-refractivity contribution in [3.8, 4) is 0 Å². The van der Waals surface area contributed by atoms with Crippen LogP contribution in [0.2, 0.25) is 0 Å². The second-order valence-electron chi connectivity index (χ2n) is 7.34. The van der Waals surface area contributed by atoms with Gasteiger partial charge in [-0.2, -0.15) is 0 Å². The van der Waals surface area contributed by atoms with Crippen LogP contribution in [0.25, 0.3) is 5.65 Å². The molecule has 134 valence electrons. The molecule has 1 spiro atoms. The molecule has 0 N–H and O–H groups in total. The van der Waals surface area contributed by atoms with Crippen LogP contribution < -0.4 is 0 Å². The Morgan fingerprint density at radius 1 is 1.28 bits per heavy atom. The Labute approximate surface area is 148 Å². The largest absolute Gasteiger partial charge is 0.378 e. The molecule has 0 aromatic carbocycles. The predicted molar refractivity (Wildman–Crippen MR) is 94.4 cm³/mol. The first-order valence-corrected chi connectivity index (χ1v) is 9.34. The topological polar surface area (TPSA) is 59.7 Å². The number of nitrogens with zero attached hydrogens (tertiary/aromatic N) is 4. The molecule has 2 unspecified atom stereocenters. The van der Waals surface area contributed by atoms with Crippen LogP contribution in [-0.4, -0.2) is 51.0 Å². The number of rotatable bonds is 4. The van der Waals surface area contributed by atoms with Gasteiger partial charge in [0.1, 0.15) is 0 Å². The van der Waals surface area contributed by atoms with Crippen LogP contribution in [0.1, 0.15) is 55.9 Å². The van der Waals surface area contributed by atoms with Crippen molar-refractivity contribution in [2.75, 3.05) is 13.7 Å². The number of carbonyl (C=O) groups excluding carboxylic acids is 1. The predicted octanol–water partition coefficient (Wildman–Crippen LogP) is 2.93. The molecule has 2 aromatic heterocycles. The number of amides is 1. The molecule has 6 heteroatoms. The molecule has 2 atom stereocenters. The summed E-state index contributed by atoms with van der Waals surface area (Å²) in [7, 11) is 1.92. The fraction of sp³-hybridized carbons (Fsp3) is 0.632. The first-order valence-electron chi connectivity index (χ1n) is 9.34. The molecule has 6 nitrogen and oxygen atoms in total. The average Bonchev–Trinajstić information content (AvgIpc) is 3.13. The SMILES string of the molecule is CCOC1CC(N(C)C(=O)c2nccn3ccnc23)C12CCCCC2. The average molecular weight is 342 g/mol. The van der Waals surface area contributed by atoms with Crippen molar-refractivity contribution in [1.29, 1.82) is 0 Å². The highest BCUT2D eigenvalue weighted by Gasteiger charge is 2.58. The van der Waals surface area contributed by atoms with Gasteiger partial charge in [-0.1, -0.05) is 19.3 Å². The molecular weight excluding hydrogens is 316 g/mol. The van der Waals surface area contributed by atoms with Crippen LogP contribution in [0.15, 0.2) is 24.8 Å². The summed E-state index contributed by atoms with van der Waals surface area (Å²) in [6.45, 7) is 2.80. The van der Waals surface area contributed by atoms with E-state index in [1.54, 1.807) is 12.4 Å². The number of hydrogen-bond acceptors (Lipinski definition) is 4. The third-order valence-corrected chi connectivity index (χ3v) is 6.20. The van der Waals surface area contributed by atoms with Gasteiger partial charge >= 0.3 is 0 Å². The van der Waals surface area contributed by atoms with Crippen molar-refractivity contribution in [2.45, 2.75) is 57.6 Å². The van der Waals surface area contributed by atoms with Crippen molar-refractivity contribution in [3.63, 3.8) is 0 Å². The van der Waals surface area contributed by atoms with E-state index in [1.807, 2.05) is 28.7 Å². The van der Waals surface area contributed by atoms with Gasteiger partial charge in [-0.3, -0.25) is 4.79 Å². The first-order chi connectivity index (χ1) is 12.2. The lowest BCUT2D eigenvalue weighted by atomic mass is 9.54. The molecule has 0 bridgehead atoms. The summed E-state index contributed by atoms with van der Waals surface area (Å²) < 4.78 is 7.87. The number of fused-ring (bicyclic) bond motifs is 1. The fourth-order valence-electron chi connectivity index (χ4n) is 4.88. The number of hydrogen-bond donors (Lipinski definition) is 0. The number of aromatic nitrogens is 3. The maximum atomic E-state index is 13.2. The maximum absolute atomic E-state index is 13.2. The Kier molecular flexibility index (Phi) is 4.23. The van der Waals surface area contributed by atoms with E-state index in [2.05, 4.69) is 16.9 Å². The van der Waals surface area contributed by atoms with E-state index >= 15 is 0 Å². The Bertz CT molecular complexity index is 766. The monoisotopic (exact) mass is 342 g/mol. The highest BCUT2D eigenvalue weighted by molar-refractivity contribution is 5.97. The molecule has 2 saturated carbocycles. The standard InChI is InChI=1S/C19H26N4O2/c1-3-25-15-13-14(19(15)7-5-4-6-8-19)22(2)18(24)16-17-21-10-12-23(17)11-9-20-16/h9-12,14-15H,3-8,13H2,1-2H3. The maximum Gasteiger partial charge on any atom is 0.276 e. The zero-order valence-corrected chi connectivity index (χ0v) is 15.0. The Morgan fingerprint density at radius 2 is 2.00 bits per heavy atom. The Balaban J connectivity index is 1.60. The van der Waals surface area contributed by atoms with Crippen LogP contribution in [0.4, 0.5) is 0 Å². The molecule has 2 aliphatic rings. The molecule has 2 aliphatic carbocycles. The van der Waals surface area contributed by atoms with Gasteiger partial charge in [0.15, 0.2) is 11.3 Å². The van der Waals surface area contributed by atoms with E-state index in [-0.39, 0.29) is 23.5 Å². The van der Waals surface area contributed by atoms with Gasteiger partial charge in [0.2, 0.25) is 0 Å².